The van der Waals surface area contributed by atoms with Crippen molar-refractivity contribution in [2.24, 2.45) is 0 Å². The van der Waals surface area contributed by atoms with Crippen molar-refractivity contribution in [3.05, 3.63) is 35.1 Å². The van der Waals surface area contributed by atoms with Crippen LogP contribution in [0.25, 0.3) is 0 Å². The van der Waals surface area contributed by atoms with Crippen molar-refractivity contribution in [3.63, 3.8) is 0 Å². The van der Waals surface area contributed by atoms with Gasteiger partial charge in [0, 0.05) is 11.6 Å². The molecule has 0 spiro atoms. The molecule has 0 aliphatic rings. The van der Waals surface area contributed by atoms with Crippen molar-refractivity contribution >= 4 is 28.1 Å². The first kappa shape index (κ1) is 12.5. The minimum Gasteiger partial charge on any atom is -0.461 e. The number of rotatable bonds is 4. The topological polar surface area (TPSA) is 64.1 Å². The Labute approximate surface area is 109 Å². The van der Waals surface area contributed by atoms with Crippen LogP contribution in [0.4, 0.5) is 10.8 Å². The van der Waals surface area contributed by atoms with Crippen LogP contribution in [0.1, 0.15) is 23.1 Å². The number of aromatic nitrogens is 2. The molecule has 0 atom stereocenters. The molecule has 0 aromatic carbocycles. The number of carbonyl (C=O) groups excluding carboxylic acids is 1. The SMILES string of the molecule is CCOC(=O)c1csc(Nc2cccnc2C)n1. The van der Waals surface area contributed by atoms with E-state index < -0.39 is 5.97 Å². The van der Waals surface area contributed by atoms with E-state index in [1.807, 2.05) is 19.1 Å². The zero-order chi connectivity index (χ0) is 13.0. The Morgan fingerprint density at radius 3 is 3.11 bits per heavy atom. The Kier molecular flexibility index (Phi) is 3.88. The molecule has 1 N–H and O–H groups in total. The Morgan fingerprint density at radius 1 is 1.56 bits per heavy atom. The smallest absolute Gasteiger partial charge is 0.357 e. The van der Waals surface area contributed by atoms with E-state index in [1.54, 1.807) is 18.5 Å². The summed E-state index contributed by atoms with van der Waals surface area (Å²) < 4.78 is 4.88. The molecule has 18 heavy (non-hydrogen) atoms. The number of pyridine rings is 1. The molecule has 0 saturated heterocycles. The van der Waals surface area contributed by atoms with Gasteiger partial charge in [0.25, 0.3) is 0 Å². The number of anilines is 2. The Balaban J connectivity index is 2.12. The molecule has 2 heterocycles. The van der Waals surface area contributed by atoms with Crippen LogP contribution in [0.5, 0.6) is 0 Å². The maximum absolute atomic E-state index is 11.5. The standard InChI is InChI=1S/C12H13N3O2S/c1-3-17-11(16)10-7-18-12(15-10)14-9-5-4-6-13-8(9)2/h4-7H,3H2,1-2H3,(H,14,15). The van der Waals surface area contributed by atoms with E-state index in [1.165, 1.54) is 11.3 Å². The zero-order valence-corrected chi connectivity index (χ0v) is 11.0. The molecule has 0 unspecified atom stereocenters. The molecule has 6 heteroatoms. The van der Waals surface area contributed by atoms with Crippen LogP contribution in [0, 0.1) is 6.92 Å². The molecule has 0 radical (unpaired) electrons. The third-order valence-electron chi connectivity index (χ3n) is 2.24. The van der Waals surface area contributed by atoms with Crippen molar-refractivity contribution in [2.45, 2.75) is 13.8 Å². The molecule has 0 aliphatic heterocycles. The first-order valence-electron chi connectivity index (χ1n) is 5.52. The summed E-state index contributed by atoms with van der Waals surface area (Å²) in [6, 6.07) is 3.75. The molecule has 0 aliphatic carbocycles. The minimum absolute atomic E-state index is 0.325. The highest BCUT2D eigenvalue weighted by molar-refractivity contribution is 7.14. The van der Waals surface area contributed by atoms with Gasteiger partial charge >= 0.3 is 5.97 Å². The van der Waals surface area contributed by atoms with Gasteiger partial charge in [-0.1, -0.05) is 0 Å². The molecule has 0 saturated carbocycles. The van der Waals surface area contributed by atoms with E-state index in [9.17, 15) is 4.79 Å². The van der Waals surface area contributed by atoms with E-state index in [2.05, 4.69) is 15.3 Å². The third-order valence-corrected chi connectivity index (χ3v) is 3.00. The van der Waals surface area contributed by atoms with Gasteiger partial charge in [0.15, 0.2) is 10.8 Å². The van der Waals surface area contributed by atoms with Crippen LogP contribution >= 0.6 is 11.3 Å². The second-order valence-electron chi connectivity index (χ2n) is 3.52. The van der Waals surface area contributed by atoms with Crippen molar-refractivity contribution < 1.29 is 9.53 Å². The highest BCUT2D eigenvalue weighted by atomic mass is 32.1. The lowest BCUT2D eigenvalue weighted by atomic mass is 10.3. The summed E-state index contributed by atoms with van der Waals surface area (Å²) in [5.41, 5.74) is 2.08. The average molecular weight is 263 g/mol. The van der Waals surface area contributed by atoms with Gasteiger partial charge in [-0.05, 0) is 26.0 Å². The summed E-state index contributed by atoms with van der Waals surface area (Å²) in [6.07, 6.45) is 1.73. The summed E-state index contributed by atoms with van der Waals surface area (Å²) in [4.78, 5) is 19.8. The number of hydrogen-bond acceptors (Lipinski definition) is 6. The summed E-state index contributed by atoms with van der Waals surface area (Å²) in [5, 5.41) is 5.45. The number of aryl methyl sites for hydroxylation is 1. The lowest BCUT2D eigenvalue weighted by Crippen LogP contribution is -2.05. The van der Waals surface area contributed by atoms with Gasteiger partial charge in [-0.2, -0.15) is 0 Å². The Hall–Kier alpha value is -1.95. The van der Waals surface area contributed by atoms with Gasteiger partial charge in [0.2, 0.25) is 0 Å². The maximum atomic E-state index is 11.5. The number of hydrogen-bond donors (Lipinski definition) is 1. The second kappa shape index (κ2) is 5.59. The van der Waals surface area contributed by atoms with E-state index in [4.69, 9.17) is 4.74 Å². The normalized spacial score (nSPS) is 10.1. The van der Waals surface area contributed by atoms with Crippen molar-refractivity contribution in [2.75, 3.05) is 11.9 Å². The van der Waals surface area contributed by atoms with E-state index in [-0.39, 0.29) is 0 Å². The molecule has 2 aromatic rings. The minimum atomic E-state index is -0.398. The molecule has 94 valence electrons. The fraction of sp³-hybridized carbons (Fsp3) is 0.250. The van der Waals surface area contributed by atoms with Crippen LogP contribution in [-0.2, 0) is 4.74 Å². The van der Waals surface area contributed by atoms with Gasteiger partial charge in [-0.15, -0.1) is 11.3 Å². The first-order valence-corrected chi connectivity index (χ1v) is 6.40. The fourth-order valence-corrected chi connectivity index (χ4v) is 2.05. The van der Waals surface area contributed by atoms with Crippen molar-refractivity contribution in [1.82, 2.24) is 9.97 Å². The predicted octanol–water partition coefficient (Wildman–Crippen LogP) is 2.77. The first-order chi connectivity index (χ1) is 8.70. The number of thiazole rings is 1. The van der Waals surface area contributed by atoms with Crippen LogP contribution in [0.3, 0.4) is 0 Å². The van der Waals surface area contributed by atoms with Gasteiger partial charge in [0.05, 0.1) is 18.0 Å². The third kappa shape index (κ3) is 2.84. The Morgan fingerprint density at radius 2 is 2.39 bits per heavy atom. The predicted molar refractivity (Wildman–Crippen MR) is 70.3 cm³/mol. The zero-order valence-electron chi connectivity index (χ0n) is 10.1. The molecular weight excluding hydrogens is 250 g/mol. The quantitative estimate of drug-likeness (QED) is 0.859. The number of nitrogens with one attached hydrogen (secondary N) is 1. The Bertz CT molecular complexity index is 554. The maximum Gasteiger partial charge on any atom is 0.357 e. The van der Waals surface area contributed by atoms with E-state index >= 15 is 0 Å². The van der Waals surface area contributed by atoms with Crippen molar-refractivity contribution in [1.29, 1.82) is 0 Å². The summed E-state index contributed by atoms with van der Waals surface area (Å²) >= 11 is 1.36. The highest BCUT2D eigenvalue weighted by Gasteiger charge is 2.11. The van der Waals surface area contributed by atoms with Crippen LogP contribution in [0.2, 0.25) is 0 Å². The van der Waals surface area contributed by atoms with Gasteiger partial charge < -0.3 is 10.1 Å². The molecule has 0 fully saturated rings. The molecule has 0 amide bonds. The van der Waals surface area contributed by atoms with Gasteiger partial charge in [0.1, 0.15) is 0 Å². The van der Waals surface area contributed by atoms with Crippen LogP contribution in [-0.4, -0.2) is 22.5 Å². The number of esters is 1. The molecule has 2 aromatic heterocycles. The summed E-state index contributed by atoms with van der Waals surface area (Å²) in [7, 11) is 0. The lowest BCUT2D eigenvalue weighted by molar-refractivity contribution is 0.0520. The average Bonchev–Trinajstić information content (AvgIpc) is 2.81. The van der Waals surface area contributed by atoms with Crippen molar-refractivity contribution in [3.8, 4) is 0 Å². The highest BCUT2D eigenvalue weighted by Crippen LogP contribution is 2.22. The molecule has 0 bridgehead atoms. The second-order valence-corrected chi connectivity index (χ2v) is 4.38. The van der Waals surface area contributed by atoms with Crippen LogP contribution < -0.4 is 5.32 Å². The largest absolute Gasteiger partial charge is 0.461 e. The summed E-state index contributed by atoms with van der Waals surface area (Å²) in [5.74, 6) is -0.398. The monoisotopic (exact) mass is 263 g/mol. The molecule has 5 nitrogen and oxygen atoms in total. The number of carbonyl (C=O) groups is 1. The fourth-order valence-electron chi connectivity index (χ4n) is 1.36. The van der Waals surface area contributed by atoms with Gasteiger partial charge in [-0.3, -0.25) is 4.98 Å². The summed E-state index contributed by atoms with van der Waals surface area (Å²) in [6.45, 7) is 4.02. The van der Waals surface area contributed by atoms with E-state index in [0.717, 1.165) is 11.4 Å². The molecule has 2 rings (SSSR count). The van der Waals surface area contributed by atoms with E-state index in [0.29, 0.717) is 17.4 Å². The number of ether oxygens (including phenoxy) is 1. The number of nitrogens with zero attached hydrogens (tertiary/aromatic N) is 2. The van der Waals surface area contributed by atoms with Gasteiger partial charge in [-0.25, -0.2) is 9.78 Å². The van der Waals surface area contributed by atoms with Crippen LogP contribution in [0.15, 0.2) is 23.7 Å². The lowest BCUT2D eigenvalue weighted by Gasteiger charge is -2.04. The molecular formula is C12H13N3O2S.